The SMILES string of the molecule is CCCN(C(=O)CNC(=O)c1c[nH]c2ccccc2c1=O)C1CCNCC1.Cl. The van der Waals surface area contributed by atoms with Crippen molar-refractivity contribution in [2.75, 3.05) is 26.2 Å². The first-order valence-electron chi connectivity index (χ1n) is 9.50. The Morgan fingerprint density at radius 3 is 2.64 bits per heavy atom. The molecular formula is C20H27ClN4O3. The molecule has 0 aliphatic carbocycles. The van der Waals surface area contributed by atoms with Crippen molar-refractivity contribution in [3.8, 4) is 0 Å². The number of aromatic amines is 1. The fourth-order valence-electron chi connectivity index (χ4n) is 3.56. The maximum Gasteiger partial charge on any atom is 0.257 e. The zero-order valence-corrected chi connectivity index (χ0v) is 16.8. The summed E-state index contributed by atoms with van der Waals surface area (Å²) in [6.07, 6.45) is 4.11. The molecule has 1 aromatic carbocycles. The van der Waals surface area contributed by atoms with Crippen LogP contribution in [-0.4, -0.2) is 53.9 Å². The summed E-state index contributed by atoms with van der Waals surface area (Å²) in [6.45, 7) is 4.41. The van der Waals surface area contributed by atoms with Crippen LogP contribution in [-0.2, 0) is 4.79 Å². The summed E-state index contributed by atoms with van der Waals surface area (Å²) in [5, 5.41) is 6.37. The summed E-state index contributed by atoms with van der Waals surface area (Å²) in [4.78, 5) is 42.5. The topological polar surface area (TPSA) is 94.3 Å². The lowest BCUT2D eigenvalue weighted by Crippen LogP contribution is -2.49. The smallest absolute Gasteiger partial charge is 0.257 e. The van der Waals surface area contributed by atoms with Gasteiger partial charge in [-0.3, -0.25) is 14.4 Å². The Morgan fingerprint density at radius 2 is 1.93 bits per heavy atom. The van der Waals surface area contributed by atoms with Crippen LogP contribution in [0.5, 0.6) is 0 Å². The van der Waals surface area contributed by atoms with E-state index in [0.29, 0.717) is 17.4 Å². The van der Waals surface area contributed by atoms with E-state index in [1.807, 2.05) is 17.9 Å². The monoisotopic (exact) mass is 406 g/mol. The molecule has 0 unspecified atom stereocenters. The first-order valence-corrected chi connectivity index (χ1v) is 9.50. The second kappa shape index (κ2) is 10.2. The number of nitrogens with one attached hydrogen (secondary N) is 3. The molecule has 152 valence electrons. The van der Waals surface area contributed by atoms with Gasteiger partial charge in [-0.1, -0.05) is 19.1 Å². The molecule has 1 aliphatic heterocycles. The number of halogens is 1. The highest BCUT2D eigenvalue weighted by Gasteiger charge is 2.25. The van der Waals surface area contributed by atoms with Crippen LogP contribution in [0.25, 0.3) is 10.9 Å². The number of piperidine rings is 1. The third-order valence-corrected chi connectivity index (χ3v) is 4.97. The molecule has 2 heterocycles. The maximum absolute atomic E-state index is 12.7. The predicted molar refractivity (Wildman–Crippen MR) is 112 cm³/mol. The Morgan fingerprint density at radius 1 is 1.21 bits per heavy atom. The summed E-state index contributed by atoms with van der Waals surface area (Å²) < 4.78 is 0. The number of H-pyrrole nitrogens is 1. The molecular weight excluding hydrogens is 380 g/mol. The molecule has 2 amide bonds. The van der Waals surface area contributed by atoms with E-state index in [9.17, 15) is 14.4 Å². The van der Waals surface area contributed by atoms with Gasteiger partial charge in [0.05, 0.1) is 6.54 Å². The largest absolute Gasteiger partial charge is 0.360 e. The van der Waals surface area contributed by atoms with Crippen LogP contribution >= 0.6 is 12.4 Å². The first kappa shape index (κ1) is 21.9. The normalized spacial score (nSPS) is 14.3. The van der Waals surface area contributed by atoms with Crippen LogP contribution in [0.2, 0.25) is 0 Å². The third kappa shape index (κ3) is 4.91. The second-order valence-corrected chi connectivity index (χ2v) is 6.83. The van der Waals surface area contributed by atoms with E-state index in [1.165, 1.54) is 6.20 Å². The highest BCUT2D eigenvalue weighted by atomic mass is 35.5. The van der Waals surface area contributed by atoms with Crippen molar-refractivity contribution in [1.29, 1.82) is 0 Å². The molecule has 1 aromatic heterocycles. The van der Waals surface area contributed by atoms with Gasteiger partial charge in [0.2, 0.25) is 11.3 Å². The molecule has 1 saturated heterocycles. The van der Waals surface area contributed by atoms with Gasteiger partial charge in [0.25, 0.3) is 5.91 Å². The summed E-state index contributed by atoms with van der Waals surface area (Å²) in [6, 6.07) is 7.24. The Hall–Kier alpha value is -2.38. The molecule has 3 rings (SSSR count). The number of hydrogen-bond acceptors (Lipinski definition) is 4. The molecule has 7 nitrogen and oxygen atoms in total. The fraction of sp³-hybridized carbons (Fsp3) is 0.450. The van der Waals surface area contributed by atoms with Crippen LogP contribution in [0.1, 0.15) is 36.5 Å². The average Bonchev–Trinajstić information content (AvgIpc) is 2.71. The summed E-state index contributed by atoms with van der Waals surface area (Å²) in [5.41, 5.74) is 0.360. The zero-order valence-electron chi connectivity index (χ0n) is 16.0. The van der Waals surface area contributed by atoms with E-state index in [2.05, 4.69) is 15.6 Å². The minimum absolute atomic E-state index is 0. The van der Waals surface area contributed by atoms with Crippen LogP contribution in [0.3, 0.4) is 0 Å². The molecule has 28 heavy (non-hydrogen) atoms. The molecule has 3 N–H and O–H groups in total. The Bertz CT molecular complexity index is 877. The number of hydrogen-bond donors (Lipinski definition) is 3. The minimum atomic E-state index is -0.530. The second-order valence-electron chi connectivity index (χ2n) is 6.83. The molecule has 1 fully saturated rings. The maximum atomic E-state index is 12.7. The van der Waals surface area contributed by atoms with Gasteiger partial charge in [0.1, 0.15) is 5.56 Å². The number of benzene rings is 1. The predicted octanol–water partition coefficient (Wildman–Crippen LogP) is 1.67. The highest BCUT2D eigenvalue weighted by molar-refractivity contribution is 5.98. The molecule has 0 atom stereocenters. The summed E-state index contributed by atoms with van der Waals surface area (Å²) in [5.74, 6) is -0.633. The van der Waals surface area contributed by atoms with Crippen LogP contribution < -0.4 is 16.1 Å². The molecule has 0 saturated carbocycles. The van der Waals surface area contributed by atoms with Crippen molar-refractivity contribution in [2.45, 2.75) is 32.2 Å². The highest BCUT2D eigenvalue weighted by Crippen LogP contribution is 2.13. The van der Waals surface area contributed by atoms with Crippen LogP contribution in [0, 0.1) is 0 Å². The fourth-order valence-corrected chi connectivity index (χ4v) is 3.56. The number of pyridine rings is 1. The Balaban J connectivity index is 0.00000280. The third-order valence-electron chi connectivity index (χ3n) is 4.97. The van der Waals surface area contributed by atoms with Crippen molar-refractivity contribution in [2.24, 2.45) is 0 Å². The number of aromatic nitrogens is 1. The number of fused-ring (bicyclic) bond motifs is 1. The number of rotatable bonds is 6. The quantitative estimate of drug-likeness (QED) is 0.680. The summed E-state index contributed by atoms with van der Waals surface area (Å²) >= 11 is 0. The number of carbonyl (C=O) groups excluding carboxylic acids is 2. The lowest BCUT2D eigenvalue weighted by Gasteiger charge is -2.34. The molecule has 0 bridgehead atoms. The average molecular weight is 407 g/mol. The standard InChI is InChI=1S/C20H26N4O3.ClH/c1-2-11-24(14-7-9-21-10-8-14)18(25)13-23-20(27)16-12-22-17-6-4-3-5-15(17)19(16)26;/h3-6,12,14,21H,2,7-11,13H2,1H3,(H,22,26)(H,23,27);1H. The molecule has 1 aliphatic rings. The molecule has 8 heteroatoms. The molecule has 0 radical (unpaired) electrons. The van der Waals surface area contributed by atoms with Crippen molar-refractivity contribution in [1.82, 2.24) is 20.5 Å². The van der Waals surface area contributed by atoms with Crippen LogP contribution in [0.4, 0.5) is 0 Å². The Kier molecular flexibility index (Phi) is 8.02. The number of carbonyl (C=O) groups is 2. The van der Waals surface area contributed by atoms with Gasteiger partial charge in [-0.25, -0.2) is 0 Å². The van der Waals surface area contributed by atoms with E-state index in [0.717, 1.165) is 32.4 Å². The zero-order chi connectivity index (χ0) is 19.2. The molecule has 2 aromatic rings. The molecule has 0 spiro atoms. The van der Waals surface area contributed by atoms with Gasteiger partial charge >= 0.3 is 0 Å². The van der Waals surface area contributed by atoms with Gasteiger partial charge in [-0.05, 0) is 44.5 Å². The van der Waals surface area contributed by atoms with E-state index in [1.54, 1.807) is 18.2 Å². The van der Waals surface area contributed by atoms with E-state index < -0.39 is 5.91 Å². The van der Waals surface area contributed by atoms with Gasteiger partial charge in [0, 0.05) is 29.7 Å². The van der Waals surface area contributed by atoms with Gasteiger partial charge in [-0.2, -0.15) is 0 Å². The summed E-state index contributed by atoms with van der Waals surface area (Å²) in [7, 11) is 0. The lowest BCUT2D eigenvalue weighted by molar-refractivity contribution is -0.133. The first-order chi connectivity index (χ1) is 13.1. The van der Waals surface area contributed by atoms with Crippen LogP contribution in [0.15, 0.2) is 35.3 Å². The lowest BCUT2D eigenvalue weighted by atomic mass is 10.0. The van der Waals surface area contributed by atoms with E-state index in [4.69, 9.17) is 0 Å². The van der Waals surface area contributed by atoms with Gasteiger partial charge < -0.3 is 20.5 Å². The number of amides is 2. The van der Waals surface area contributed by atoms with E-state index >= 15 is 0 Å². The van der Waals surface area contributed by atoms with Gasteiger partial charge in [0.15, 0.2) is 0 Å². The van der Waals surface area contributed by atoms with Crippen molar-refractivity contribution in [3.05, 3.63) is 46.2 Å². The van der Waals surface area contributed by atoms with Gasteiger partial charge in [-0.15, -0.1) is 12.4 Å². The van der Waals surface area contributed by atoms with Crippen molar-refractivity contribution >= 4 is 35.1 Å². The van der Waals surface area contributed by atoms with Crippen molar-refractivity contribution in [3.63, 3.8) is 0 Å². The minimum Gasteiger partial charge on any atom is -0.360 e. The Labute approximate surface area is 170 Å². The number of para-hydroxylation sites is 1. The van der Waals surface area contributed by atoms with Crippen molar-refractivity contribution < 1.29 is 9.59 Å². The van der Waals surface area contributed by atoms with E-state index in [-0.39, 0.29) is 41.9 Å². The number of nitrogens with zero attached hydrogens (tertiary/aromatic N) is 1.